The van der Waals surface area contributed by atoms with Gasteiger partial charge in [0.2, 0.25) is 0 Å². The van der Waals surface area contributed by atoms with Gasteiger partial charge in [0.05, 0.1) is 20.0 Å². The summed E-state index contributed by atoms with van der Waals surface area (Å²) in [6, 6.07) is 11.8. The van der Waals surface area contributed by atoms with Gasteiger partial charge in [0.15, 0.2) is 0 Å². The predicted molar refractivity (Wildman–Crippen MR) is 78.0 cm³/mol. The Bertz CT molecular complexity index is 747. The highest BCUT2D eigenvalue weighted by atomic mass is 79.9. The number of nitrogens with zero attached hydrogens (tertiary/aromatic N) is 1. The summed E-state index contributed by atoms with van der Waals surface area (Å²) in [5.41, 5.74) is -0.0815. The van der Waals surface area contributed by atoms with Crippen molar-refractivity contribution in [2.24, 2.45) is 0 Å². The van der Waals surface area contributed by atoms with E-state index in [-0.39, 0.29) is 20.7 Å². The number of hydrogen-bond acceptors (Lipinski definition) is 4. The zero-order chi connectivity index (χ0) is 14.8. The first-order chi connectivity index (χ1) is 9.40. The quantitative estimate of drug-likeness (QED) is 0.672. The lowest BCUT2D eigenvalue weighted by Crippen LogP contribution is -2.12. The molecular formula is C12H9BrN2O4S. The molecule has 0 bridgehead atoms. The van der Waals surface area contributed by atoms with E-state index in [4.69, 9.17) is 0 Å². The van der Waals surface area contributed by atoms with Crippen LogP contribution in [0, 0.1) is 10.1 Å². The second kappa shape index (κ2) is 5.59. The van der Waals surface area contributed by atoms with Crippen molar-refractivity contribution in [3.05, 3.63) is 63.1 Å². The van der Waals surface area contributed by atoms with Crippen LogP contribution >= 0.6 is 15.9 Å². The smallest absolute Gasteiger partial charge is 0.279 e. The molecule has 0 aromatic heterocycles. The van der Waals surface area contributed by atoms with E-state index >= 15 is 0 Å². The second-order valence-electron chi connectivity index (χ2n) is 3.84. The molecule has 0 atom stereocenters. The number of halogens is 1. The highest BCUT2D eigenvalue weighted by molar-refractivity contribution is 9.10. The fourth-order valence-electron chi connectivity index (χ4n) is 1.53. The Hall–Kier alpha value is -1.93. The molecule has 0 heterocycles. The van der Waals surface area contributed by atoms with Gasteiger partial charge in [0, 0.05) is 6.07 Å². The molecule has 0 fully saturated rings. The first-order valence-electron chi connectivity index (χ1n) is 5.42. The van der Waals surface area contributed by atoms with Crippen molar-refractivity contribution in [3.8, 4) is 0 Å². The number of rotatable bonds is 4. The maximum absolute atomic E-state index is 12.1. The van der Waals surface area contributed by atoms with E-state index in [1.165, 1.54) is 24.3 Å². The van der Waals surface area contributed by atoms with E-state index in [1.807, 2.05) is 0 Å². The number of benzene rings is 2. The van der Waals surface area contributed by atoms with E-state index < -0.39 is 14.9 Å². The number of hydrogen-bond donors (Lipinski definition) is 1. The fourth-order valence-corrected chi connectivity index (χ4v) is 2.99. The van der Waals surface area contributed by atoms with E-state index in [9.17, 15) is 18.5 Å². The number of sulfonamides is 1. The van der Waals surface area contributed by atoms with E-state index in [0.717, 1.165) is 6.07 Å². The van der Waals surface area contributed by atoms with Gasteiger partial charge in [0.1, 0.15) is 0 Å². The van der Waals surface area contributed by atoms with Crippen LogP contribution in [-0.2, 0) is 10.0 Å². The molecule has 0 aliphatic rings. The Morgan fingerprint density at radius 3 is 2.35 bits per heavy atom. The van der Waals surface area contributed by atoms with Gasteiger partial charge in [-0.25, -0.2) is 8.42 Å². The lowest BCUT2D eigenvalue weighted by Gasteiger charge is -2.08. The summed E-state index contributed by atoms with van der Waals surface area (Å²) in [4.78, 5) is 10.3. The first-order valence-corrected chi connectivity index (χ1v) is 7.69. The zero-order valence-corrected chi connectivity index (χ0v) is 12.4. The Morgan fingerprint density at radius 1 is 1.10 bits per heavy atom. The summed E-state index contributed by atoms with van der Waals surface area (Å²) < 4.78 is 26.7. The van der Waals surface area contributed by atoms with Crippen molar-refractivity contribution < 1.29 is 13.3 Å². The van der Waals surface area contributed by atoms with E-state index in [0.29, 0.717) is 0 Å². The Labute approximate surface area is 123 Å². The van der Waals surface area contributed by atoms with Crippen LogP contribution in [0.25, 0.3) is 0 Å². The molecular weight excluding hydrogens is 348 g/mol. The Balaban J connectivity index is 2.36. The fraction of sp³-hybridized carbons (Fsp3) is 0. The van der Waals surface area contributed by atoms with Crippen molar-refractivity contribution in [1.82, 2.24) is 0 Å². The number of nitro groups is 1. The molecule has 0 spiro atoms. The van der Waals surface area contributed by atoms with Crippen LogP contribution in [0.2, 0.25) is 0 Å². The summed E-state index contributed by atoms with van der Waals surface area (Å²) in [7, 11) is -3.76. The van der Waals surface area contributed by atoms with Crippen LogP contribution in [0.4, 0.5) is 11.4 Å². The number of nitro benzene ring substituents is 1. The summed E-state index contributed by atoms with van der Waals surface area (Å²) in [6.07, 6.45) is 0. The maximum Gasteiger partial charge on any atom is 0.285 e. The highest BCUT2D eigenvalue weighted by Gasteiger charge is 2.17. The maximum atomic E-state index is 12.1. The van der Waals surface area contributed by atoms with Gasteiger partial charge in [-0.2, -0.15) is 0 Å². The standard InChI is InChI=1S/C12H9BrN2O4S/c13-11-7-6-9(8-12(11)15(16)17)14-20(18,19)10-4-2-1-3-5-10/h1-8,14H. The van der Waals surface area contributed by atoms with Crippen molar-refractivity contribution >= 4 is 37.3 Å². The average molecular weight is 357 g/mol. The molecule has 1 N–H and O–H groups in total. The Kier molecular flexibility index (Phi) is 4.05. The van der Waals surface area contributed by atoms with Gasteiger partial charge in [-0.15, -0.1) is 0 Å². The summed E-state index contributed by atoms with van der Waals surface area (Å²) in [5.74, 6) is 0. The molecule has 2 aromatic carbocycles. The molecule has 0 aliphatic heterocycles. The van der Waals surface area contributed by atoms with Crippen LogP contribution in [0.1, 0.15) is 0 Å². The van der Waals surface area contributed by atoms with Crippen LogP contribution in [0.3, 0.4) is 0 Å². The molecule has 0 saturated heterocycles. The normalized spacial score (nSPS) is 11.1. The van der Waals surface area contributed by atoms with E-state index in [2.05, 4.69) is 20.7 Å². The topological polar surface area (TPSA) is 89.3 Å². The molecule has 0 aliphatic carbocycles. The largest absolute Gasteiger partial charge is 0.285 e. The zero-order valence-electron chi connectivity index (χ0n) is 9.99. The molecule has 20 heavy (non-hydrogen) atoms. The van der Waals surface area contributed by atoms with Crippen LogP contribution in [-0.4, -0.2) is 13.3 Å². The van der Waals surface area contributed by atoms with E-state index in [1.54, 1.807) is 18.2 Å². The van der Waals surface area contributed by atoms with Crippen LogP contribution < -0.4 is 4.72 Å². The van der Waals surface area contributed by atoms with Crippen molar-refractivity contribution in [2.75, 3.05) is 4.72 Å². The molecule has 2 rings (SSSR count). The third-order valence-electron chi connectivity index (χ3n) is 2.45. The van der Waals surface area contributed by atoms with Crippen molar-refractivity contribution in [2.45, 2.75) is 4.90 Å². The highest BCUT2D eigenvalue weighted by Crippen LogP contribution is 2.28. The summed E-state index contributed by atoms with van der Waals surface area (Å²) in [5, 5.41) is 10.8. The minimum absolute atomic E-state index is 0.0885. The minimum atomic E-state index is -3.76. The third-order valence-corrected chi connectivity index (χ3v) is 4.52. The second-order valence-corrected chi connectivity index (χ2v) is 6.38. The SMILES string of the molecule is O=[N+]([O-])c1cc(NS(=O)(=O)c2ccccc2)ccc1Br. The van der Waals surface area contributed by atoms with Crippen LogP contribution in [0.15, 0.2) is 57.9 Å². The van der Waals surface area contributed by atoms with Gasteiger partial charge < -0.3 is 0 Å². The van der Waals surface area contributed by atoms with Gasteiger partial charge in [0.25, 0.3) is 15.7 Å². The molecule has 0 amide bonds. The number of nitrogens with one attached hydrogen (secondary N) is 1. The summed E-state index contributed by atoms with van der Waals surface area (Å²) in [6.45, 7) is 0. The van der Waals surface area contributed by atoms with Gasteiger partial charge in [-0.3, -0.25) is 14.8 Å². The molecule has 2 aromatic rings. The monoisotopic (exact) mass is 356 g/mol. The molecule has 6 nitrogen and oxygen atoms in total. The lowest BCUT2D eigenvalue weighted by molar-refractivity contribution is -0.385. The van der Waals surface area contributed by atoms with Crippen LogP contribution in [0.5, 0.6) is 0 Å². The molecule has 104 valence electrons. The van der Waals surface area contributed by atoms with Gasteiger partial charge in [-0.1, -0.05) is 18.2 Å². The predicted octanol–water partition coefficient (Wildman–Crippen LogP) is 3.16. The summed E-state index contributed by atoms with van der Waals surface area (Å²) >= 11 is 3.04. The average Bonchev–Trinajstić information content (AvgIpc) is 2.41. The molecule has 0 unspecified atom stereocenters. The van der Waals surface area contributed by atoms with Crippen molar-refractivity contribution in [3.63, 3.8) is 0 Å². The van der Waals surface area contributed by atoms with Gasteiger partial charge in [-0.05, 0) is 40.2 Å². The van der Waals surface area contributed by atoms with Crippen molar-refractivity contribution in [1.29, 1.82) is 0 Å². The molecule has 0 radical (unpaired) electrons. The third kappa shape index (κ3) is 3.14. The Morgan fingerprint density at radius 2 is 1.75 bits per heavy atom. The molecule has 8 heteroatoms. The lowest BCUT2D eigenvalue weighted by atomic mass is 10.3. The number of anilines is 1. The van der Waals surface area contributed by atoms with Gasteiger partial charge >= 0.3 is 0 Å². The molecule has 0 saturated carbocycles. The minimum Gasteiger partial charge on any atom is -0.279 e. The first kappa shape index (κ1) is 14.5.